The highest BCUT2D eigenvalue weighted by Crippen LogP contribution is 2.10. The molecule has 0 spiro atoms. The summed E-state index contributed by atoms with van der Waals surface area (Å²) in [7, 11) is 0. The van der Waals surface area contributed by atoms with Crippen LogP contribution in [0.4, 0.5) is 0 Å². The largest absolute Gasteiger partial charge is 0.334 e. The topological polar surface area (TPSA) is 32.3 Å². The summed E-state index contributed by atoms with van der Waals surface area (Å²) in [4.78, 5) is 14.0. The first-order chi connectivity index (χ1) is 8.68. The van der Waals surface area contributed by atoms with Crippen LogP contribution in [0.5, 0.6) is 0 Å². The molecule has 0 aromatic heterocycles. The molecule has 1 aromatic rings. The number of aryl methyl sites for hydroxylation is 1. The highest BCUT2D eigenvalue weighted by molar-refractivity contribution is 5.92. The van der Waals surface area contributed by atoms with Gasteiger partial charge in [-0.05, 0) is 31.1 Å². The van der Waals surface area contributed by atoms with Gasteiger partial charge in [0.1, 0.15) is 0 Å². The number of carbonyl (C=O) groups is 1. The van der Waals surface area contributed by atoms with E-state index in [1.54, 1.807) is 6.08 Å². The zero-order valence-corrected chi connectivity index (χ0v) is 11.0. The predicted molar refractivity (Wildman–Crippen MR) is 74.3 cm³/mol. The van der Waals surface area contributed by atoms with Gasteiger partial charge in [0.05, 0.1) is 0 Å². The van der Waals surface area contributed by atoms with Crippen LogP contribution in [0, 0.1) is 6.92 Å². The second-order valence-electron chi connectivity index (χ2n) is 4.77. The maximum atomic E-state index is 12.1. The van der Waals surface area contributed by atoms with E-state index >= 15 is 0 Å². The van der Waals surface area contributed by atoms with Crippen molar-refractivity contribution in [1.29, 1.82) is 0 Å². The second kappa shape index (κ2) is 5.83. The lowest BCUT2D eigenvalue weighted by Gasteiger charge is -2.33. The van der Waals surface area contributed by atoms with Crippen molar-refractivity contribution in [2.75, 3.05) is 19.6 Å². The molecule has 96 valence electrons. The number of hydrogen-bond donors (Lipinski definition) is 1. The van der Waals surface area contributed by atoms with Gasteiger partial charge in [0, 0.05) is 31.8 Å². The van der Waals surface area contributed by atoms with Crippen LogP contribution in [0.25, 0.3) is 6.08 Å². The molecule has 1 aliphatic heterocycles. The normalized spacial score (nSPS) is 20.3. The molecule has 2 rings (SSSR count). The first-order valence-electron chi connectivity index (χ1n) is 6.43. The van der Waals surface area contributed by atoms with Gasteiger partial charge in [-0.2, -0.15) is 0 Å². The van der Waals surface area contributed by atoms with E-state index in [1.165, 1.54) is 5.56 Å². The van der Waals surface area contributed by atoms with Crippen molar-refractivity contribution in [1.82, 2.24) is 10.2 Å². The number of carbonyl (C=O) groups excluding carboxylic acids is 1. The SMILES string of the molecule is Cc1ccccc1/C=C/C(=O)N1CCNCC1C. The van der Waals surface area contributed by atoms with Gasteiger partial charge in [0.2, 0.25) is 5.91 Å². The zero-order chi connectivity index (χ0) is 13.0. The fourth-order valence-electron chi connectivity index (χ4n) is 2.20. The van der Waals surface area contributed by atoms with Gasteiger partial charge < -0.3 is 10.2 Å². The molecule has 1 unspecified atom stereocenters. The Hall–Kier alpha value is -1.61. The summed E-state index contributed by atoms with van der Waals surface area (Å²) >= 11 is 0. The molecule has 0 saturated carbocycles. The van der Waals surface area contributed by atoms with Crippen LogP contribution >= 0.6 is 0 Å². The second-order valence-corrected chi connectivity index (χ2v) is 4.77. The maximum Gasteiger partial charge on any atom is 0.246 e. The van der Waals surface area contributed by atoms with E-state index in [-0.39, 0.29) is 11.9 Å². The zero-order valence-electron chi connectivity index (χ0n) is 11.0. The molecule has 0 bridgehead atoms. The molecule has 0 radical (unpaired) electrons. The van der Waals surface area contributed by atoms with Crippen molar-refractivity contribution in [2.24, 2.45) is 0 Å². The van der Waals surface area contributed by atoms with Crippen LogP contribution in [0.3, 0.4) is 0 Å². The summed E-state index contributed by atoms with van der Waals surface area (Å²) in [5, 5.41) is 3.28. The minimum atomic E-state index is 0.104. The summed E-state index contributed by atoms with van der Waals surface area (Å²) < 4.78 is 0. The molecular formula is C15H20N2O. The predicted octanol–water partition coefficient (Wildman–Crippen LogP) is 1.83. The first-order valence-corrected chi connectivity index (χ1v) is 6.43. The molecule has 18 heavy (non-hydrogen) atoms. The lowest BCUT2D eigenvalue weighted by molar-refractivity contribution is -0.128. The molecule has 3 nitrogen and oxygen atoms in total. The summed E-state index contributed by atoms with van der Waals surface area (Å²) in [6.07, 6.45) is 3.59. The third-order valence-corrected chi connectivity index (χ3v) is 3.38. The van der Waals surface area contributed by atoms with Crippen molar-refractivity contribution in [2.45, 2.75) is 19.9 Å². The van der Waals surface area contributed by atoms with Gasteiger partial charge >= 0.3 is 0 Å². The number of nitrogens with one attached hydrogen (secondary N) is 1. The molecule has 1 N–H and O–H groups in total. The number of benzene rings is 1. The van der Waals surface area contributed by atoms with Crippen LogP contribution in [0.15, 0.2) is 30.3 Å². The smallest absolute Gasteiger partial charge is 0.246 e. The molecular weight excluding hydrogens is 224 g/mol. The number of amides is 1. The van der Waals surface area contributed by atoms with Crippen molar-refractivity contribution >= 4 is 12.0 Å². The van der Waals surface area contributed by atoms with Gasteiger partial charge in [-0.3, -0.25) is 4.79 Å². The van der Waals surface area contributed by atoms with Crippen molar-refractivity contribution < 1.29 is 4.79 Å². The van der Waals surface area contributed by atoms with E-state index in [0.29, 0.717) is 0 Å². The van der Waals surface area contributed by atoms with Gasteiger partial charge in [-0.1, -0.05) is 24.3 Å². The van der Waals surface area contributed by atoms with Crippen LogP contribution in [-0.4, -0.2) is 36.5 Å². The first kappa shape index (κ1) is 12.8. The molecule has 1 fully saturated rings. The van der Waals surface area contributed by atoms with Crippen LogP contribution in [0.1, 0.15) is 18.1 Å². The molecule has 1 aromatic carbocycles. The van der Waals surface area contributed by atoms with Crippen LogP contribution in [-0.2, 0) is 4.79 Å². The molecule has 1 saturated heterocycles. The van der Waals surface area contributed by atoms with E-state index in [9.17, 15) is 4.79 Å². The summed E-state index contributed by atoms with van der Waals surface area (Å²) in [6.45, 7) is 6.68. The highest BCUT2D eigenvalue weighted by atomic mass is 16.2. The molecule has 1 aliphatic rings. The Morgan fingerprint density at radius 1 is 1.44 bits per heavy atom. The molecule has 1 heterocycles. The monoisotopic (exact) mass is 244 g/mol. The van der Waals surface area contributed by atoms with E-state index in [2.05, 4.69) is 25.2 Å². The quantitative estimate of drug-likeness (QED) is 0.805. The summed E-state index contributed by atoms with van der Waals surface area (Å²) in [5.74, 6) is 0.104. The Bertz CT molecular complexity index is 454. The highest BCUT2D eigenvalue weighted by Gasteiger charge is 2.20. The average Bonchev–Trinajstić information content (AvgIpc) is 2.38. The Morgan fingerprint density at radius 3 is 2.94 bits per heavy atom. The van der Waals surface area contributed by atoms with Crippen molar-refractivity contribution in [3.63, 3.8) is 0 Å². The molecule has 1 amide bonds. The number of hydrogen-bond acceptors (Lipinski definition) is 2. The number of piperazine rings is 1. The van der Waals surface area contributed by atoms with Gasteiger partial charge in [-0.15, -0.1) is 0 Å². The Kier molecular flexibility index (Phi) is 4.15. The lowest BCUT2D eigenvalue weighted by atomic mass is 10.1. The van der Waals surface area contributed by atoms with Crippen LogP contribution in [0.2, 0.25) is 0 Å². The molecule has 3 heteroatoms. The standard InChI is InChI=1S/C15H20N2O/c1-12-5-3-4-6-14(12)7-8-15(18)17-10-9-16-11-13(17)2/h3-8,13,16H,9-11H2,1-2H3/b8-7+. The molecule has 1 atom stereocenters. The van der Waals surface area contributed by atoms with Crippen LogP contribution < -0.4 is 5.32 Å². The maximum absolute atomic E-state index is 12.1. The van der Waals surface area contributed by atoms with Crippen molar-refractivity contribution in [3.05, 3.63) is 41.5 Å². The van der Waals surface area contributed by atoms with Gasteiger partial charge in [0.15, 0.2) is 0 Å². The Balaban J connectivity index is 2.05. The minimum Gasteiger partial charge on any atom is -0.334 e. The fraction of sp³-hybridized carbons (Fsp3) is 0.400. The number of nitrogens with zero attached hydrogens (tertiary/aromatic N) is 1. The van der Waals surface area contributed by atoms with E-state index in [4.69, 9.17) is 0 Å². The van der Waals surface area contributed by atoms with E-state index < -0.39 is 0 Å². The van der Waals surface area contributed by atoms with Gasteiger partial charge in [0.25, 0.3) is 0 Å². The molecule has 0 aliphatic carbocycles. The fourth-order valence-corrected chi connectivity index (χ4v) is 2.20. The number of rotatable bonds is 2. The van der Waals surface area contributed by atoms with E-state index in [0.717, 1.165) is 25.2 Å². The average molecular weight is 244 g/mol. The third kappa shape index (κ3) is 2.99. The van der Waals surface area contributed by atoms with Crippen molar-refractivity contribution in [3.8, 4) is 0 Å². The Morgan fingerprint density at radius 2 is 2.22 bits per heavy atom. The van der Waals surface area contributed by atoms with Gasteiger partial charge in [-0.25, -0.2) is 0 Å². The summed E-state index contributed by atoms with van der Waals surface area (Å²) in [6, 6.07) is 8.35. The summed E-state index contributed by atoms with van der Waals surface area (Å²) in [5.41, 5.74) is 2.29. The Labute approximate surface area is 108 Å². The minimum absolute atomic E-state index is 0.104. The third-order valence-electron chi connectivity index (χ3n) is 3.38. The van der Waals surface area contributed by atoms with E-state index in [1.807, 2.05) is 29.2 Å². The lowest BCUT2D eigenvalue weighted by Crippen LogP contribution is -2.51.